The summed E-state index contributed by atoms with van der Waals surface area (Å²) in [6.45, 7) is 1.97. The Morgan fingerprint density at radius 3 is 2.71 bits per heavy atom. The summed E-state index contributed by atoms with van der Waals surface area (Å²) in [5.74, 6) is -1.36. The molecular weight excluding hydrogens is 380 g/mol. The Bertz CT molecular complexity index is 1080. The van der Waals surface area contributed by atoms with E-state index in [9.17, 15) is 9.59 Å². The van der Waals surface area contributed by atoms with Gasteiger partial charge in [0.25, 0.3) is 0 Å². The molecule has 0 aliphatic rings. The number of hydrogen-bond acceptors (Lipinski definition) is 5. The fourth-order valence-electron chi connectivity index (χ4n) is 2.50. The van der Waals surface area contributed by atoms with Crippen molar-refractivity contribution in [3.05, 3.63) is 64.8 Å². The number of carbonyl (C=O) groups is 2. The Morgan fingerprint density at radius 2 is 1.93 bits per heavy atom. The van der Waals surface area contributed by atoms with Crippen LogP contribution in [0.4, 0.5) is 5.69 Å². The van der Waals surface area contributed by atoms with Crippen molar-refractivity contribution in [2.75, 3.05) is 12.4 Å². The lowest BCUT2D eigenvalue weighted by atomic mass is 10.1. The smallest absolute Gasteiger partial charge is 0.329 e. The average Bonchev–Trinajstić information content (AvgIpc) is 2.68. The highest BCUT2D eigenvalue weighted by molar-refractivity contribution is 6.39. The number of para-hydroxylation sites is 2. The fraction of sp³-hybridized carbons (Fsp3) is 0.100. The predicted molar refractivity (Wildman–Crippen MR) is 109 cm³/mol. The molecule has 2 N–H and O–H groups in total. The third-order valence-electron chi connectivity index (χ3n) is 3.88. The monoisotopic (exact) mass is 396 g/mol. The number of nitrogens with zero attached hydrogens (tertiary/aromatic N) is 2. The molecule has 0 atom stereocenters. The lowest BCUT2D eigenvalue weighted by Crippen LogP contribution is -2.32. The Kier molecular flexibility index (Phi) is 5.86. The number of carbonyl (C=O) groups excluding carboxylic acids is 2. The summed E-state index contributed by atoms with van der Waals surface area (Å²) in [6, 6.07) is 14.4. The lowest BCUT2D eigenvalue weighted by Gasteiger charge is -2.08. The molecule has 0 spiro atoms. The van der Waals surface area contributed by atoms with Gasteiger partial charge in [0.15, 0.2) is 0 Å². The third kappa shape index (κ3) is 4.44. The van der Waals surface area contributed by atoms with Crippen molar-refractivity contribution in [2.24, 2.45) is 5.10 Å². The number of methoxy groups -OCH3 is 1. The van der Waals surface area contributed by atoms with Crippen molar-refractivity contribution in [1.82, 2.24) is 10.4 Å². The summed E-state index contributed by atoms with van der Waals surface area (Å²) >= 11 is 6.17. The van der Waals surface area contributed by atoms with E-state index >= 15 is 0 Å². The van der Waals surface area contributed by atoms with Crippen molar-refractivity contribution >= 4 is 46.2 Å². The van der Waals surface area contributed by atoms with E-state index in [1.807, 2.05) is 25.1 Å². The molecule has 2 amide bonds. The number of nitrogens with one attached hydrogen (secondary N) is 2. The number of ether oxygens (including phenoxy) is 1. The molecule has 0 radical (unpaired) electrons. The van der Waals surface area contributed by atoms with Crippen LogP contribution in [0.3, 0.4) is 0 Å². The first-order valence-corrected chi connectivity index (χ1v) is 8.70. The maximum Gasteiger partial charge on any atom is 0.329 e. The van der Waals surface area contributed by atoms with Crippen LogP contribution in [0.1, 0.15) is 11.1 Å². The molecule has 142 valence electrons. The number of hydrogen-bond donors (Lipinski definition) is 2. The number of hydrazone groups is 1. The SMILES string of the molecule is COc1ccccc1NC(=O)C(=O)N/N=C\c1cc2ccc(C)cc2nc1Cl. The summed E-state index contributed by atoms with van der Waals surface area (Å²) in [6.07, 6.45) is 1.34. The highest BCUT2D eigenvalue weighted by atomic mass is 35.5. The number of anilines is 1. The molecule has 28 heavy (non-hydrogen) atoms. The summed E-state index contributed by atoms with van der Waals surface area (Å²) in [4.78, 5) is 28.3. The molecule has 2 aromatic carbocycles. The van der Waals surface area contributed by atoms with E-state index in [2.05, 4.69) is 20.8 Å². The molecule has 3 aromatic rings. The second kappa shape index (κ2) is 8.49. The Hall–Kier alpha value is -3.45. The first-order valence-electron chi connectivity index (χ1n) is 8.32. The van der Waals surface area contributed by atoms with Gasteiger partial charge in [0.2, 0.25) is 0 Å². The van der Waals surface area contributed by atoms with Gasteiger partial charge in [0, 0.05) is 10.9 Å². The molecular formula is C20H17ClN4O3. The van der Waals surface area contributed by atoms with Gasteiger partial charge in [0.1, 0.15) is 10.9 Å². The van der Waals surface area contributed by atoms with Gasteiger partial charge in [-0.15, -0.1) is 0 Å². The minimum absolute atomic E-state index is 0.245. The van der Waals surface area contributed by atoms with E-state index in [4.69, 9.17) is 16.3 Å². The summed E-state index contributed by atoms with van der Waals surface area (Å²) in [5.41, 5.74) is 4.90. The molecule has 0 fully saturated rings. The zero-order chi connectivity index (χ0) is 20.1. The second-order valence-electron chi connectivity index (χ2n) is 5.92. The molecule has 0 unspecified atom stereocenters. The number of aryl methyl sites for hydroxylation is 1. The van der Waals surface area contributed by atoms with E-state index in [1.54, 1.807) is 30.3 Å². The van der Waals surface area contributed by atoms with E-state index < -0.39 is 11.8 Å². The average molecular weight is 397 g/mol. The molecule has 8 heteroatoms. The first-order chi connectivity index (χ1) is 13.5. The van der Waals surface area contributed by atoms with E-state index in [0.29, 0.717) is 17.0 Å². The van der Waals surface area contributed by atoms with E-state index in [-0.39, 0.29) is 5.15 Å². The minimum Gasteiger partial charge on any atom is -0.495 e. The number of rotatable bonds is 4. The van der Waals surface area contributed by atoms with E-state index in [0.717, 1.165) is 16.5 Å². The fourth-order valence-corrected chi connectivity index (χ4v) is 2.69. The predicted octanol–water partition coefficient (Wildman–Crippen LogP) is 3.29. The van der Waals surface area contributed by atoms with Crippen LogP contribution < -0.4 is 15.5 Å². The van der Waals surface area contributed by atoms with Crippen LogP contribution in [0, 0.1) is 6.92 Å². The second-order valence-corrected chi connectivity index (χ2v) is 6.28. The zero-order valence-corrected chi connectivity index (χ0v) is 15.9. The lowest BCUT2D eigenvalue weighted by molar-refractivity contribution is -0.136. The van der Waals surface area contributed by atoms with Crippen LogP contribution in [-0.4, -0.2) is 30.1 Å². The van der Waals surface area contributed by atoms with Gasteiger partial charge in [-0.05, 0) is 36.8 Å². The zero-order valence-electron chi connectivity index (χ0n) is 15.2. The number of amides is 2. The number of halogens is 1. The van der Waals surface area contributed by atoms with Crippen molar-refractivity contribution < 1.29 is 14.3 Å². The van der Waals surface area contributed by atoms with E-state index in [1.165, 1.54) is 13.3 Å². The van der Waals surface area contributed by atoms with Gasteiger partial charge in [-0.2, -0.15) is 5.10 Å². The Balaban J connectivity index is 1.67. The maximum absolute atomic E-state index is 12.0. The Morgan fingerprint density at radius 1 is 1.14 bits per heavy atom. The highest BCUT2D eigenvalue weighted by Gasteiger charge is 2.15. The Labute approximate surface area is 166 Å². The first kappa shape index (κ1) is 19.3. The molecule has 0 aliphatic heterocycles. The molecule has 0 aliphatic carbocycles. The number of aromatic nitrogens is 1. The van der Waals surface area contributed by atoms with Crippen molar-refractivity contribution in [3.63, 3.8) is 0 Å². The number of pyridine rings is 1. The molecule has 7 nitrogen and oxygen atoms in total. The van der Waals surface area contributed by atoms with Gasteiger partial charge in [-0.25, -0.2) is 10.4 Å². The molecule has 1 heterocycles. The minimum atomic E-state index is -0.928. The molecule has 3 rings (SSSR count). The van der Waals surface area contributed by atoms with Crippen LogP contribution in [0.15, 0.2) is 53.6 Å². The van der Waals surface area contributed by atoms with Crippen molar-refractivity contribution in [3.8, 4) is 5.75 Å². The van der Waals surface area contributed by atoms with Gasteiger partial charge in [-0.1, -0.05) is 35.9 Å². The number of fused-ring (bicyclic) bond motifs is 1. The third-order valence-corrected chi connectivity index (χ3v) is 4.19. The van der Waals surface area contributed by atoms with Crippen LogP contribution in [-0.2, 0) is 9.59 Å². The summed E-state index contributed by atoms with van der Waals surface area (Å²) in [7, 11) is 1.47. The number of benzene rings is 2. The van der Waals surface area contributed by atoms with Crippen molar-refractivity contribution in [2.45, 2.75) is 6.92 Å². The quantitative estimate of drug-likeness (QED) is 0.306. The summed E-state index contributed by atoms with van der Waals surface area (Å²) in [5, 5.41) is 7.38. The normalized spacial score (nSPS) is 10.8. The topological polar surface area (TPSA) is 92.7 Å². The molecule has 0 bridgehead atoms. The molecule has 0 saturated heterocycles. The van der Waals surface area contributed by atoms with Gasteiger partial charge >= 0.3 is 11.8 Å². The van der Waals surface area contributed by atoms with Crippen LogP contribution in [0.25, 0.3) is 10.9 Å². The molecule has 1 aromatic heterocycles. The largest absolute Gasteiger partial charge is 0.495 e. The highest BCUT2D eigenvalue weighted by Crippen LogP contribution is 2.23. The maximum atomic E-state index is 12.0. The summed E-state index contributed by atoms with van der Waals surface area (Å²) < 4.78 is 5.12. The van der Waals surface area contributed by atoms with Crippen LogP contribution >= 0.6 is 11.6 Å². The van der Waals surface area contributed by atoms with Gasteiger partial charge in [-0.3, -0.25) is 9.59 Å². The van der Waals surface area contributed by atoms with Crippen molar-refractivity contribution in [1.29, 1.82) is 0 Å². The standard InChI is InChI=1S/C20H17ClN4O3/c1-12-7-8-13-10-14(18(21)23-16(13)9-12)11-22-25-20(27)19(26)24-15-5-3-4-6-17(15)28-2/h3-11H,1-2H3,(H,24,26)(H,25,27)/b22-11-. The van der Waals surface area contributed by atoms with Gasteiger partial charge < -0.3 is 10.1 Å². The van der Waals surface area contributed by atoms with Crippen LogP contribution in [0.5, 0.6) is 5.75 Å². The van der Waals surface area contributed by atoms with Crippen LogP contribution in [0.2, 0.25) is 5.15 Å². The van der Waals surface area contributed by atoms with Gasteiger partial charge in [0.05, 0.1) is 24.5 Å². The molecule has 0 saturated carbocycles.